The van der Waals surface area contributed by atoms with Gasteiger partial charge in [0.05, 0.1) is 69.7 Å². The molecule has 12 N–H and O–H groups in total. The van der Waals surface area contributed by atoms with E-state index in [0.29, 0.717) is 12.0 Å². The van der Waals surface area contributed by atoms with Crippen LogP contribution >= 0.6 is 45.9 Å². The van der Waals surface area contributed by atoms with Crippen molar-refractivity contribution in [2.75, 3.05) is 38.8 Å². The van der Waals surface area contributed by atoms with Gasteiger partial charge < -0.3 is 99.8 Å². The SMILES string of the molecule is CC[C@H]1O[C@@H](n2cc(C)c(=O)[nH]c2=O)CC1OP(O)(=S)OC[C@H]1O[C@@H](n2cc(C)c(=O)[nH]c2=O)CC1OP(=O)(S)OC[C@H]1O[C@@H](n2cc(C)c(=O)[nH]c2=O)CC1OP(O)(=S)OC[C@H]1O[C@@H](n2cc(C)c(N)nc2=O)CC1OP(O)(=S)OC[C@H]1O[C@@H](n2cc(C)c(=O)[nH]c2=O)CC1OP(O)(=S)OC[C@]12O[C@@H](n3cc(C)c(=O)[nH]c3=O)[C@@H](O[C@H]1C)C2O. The molecule has 2 bridgehead atoms. The van der Waals surface area contributed by atoms with Crippen molar-refractivity contribution in [3.05, 3.63) is 185 Å². The number of aliphatic hydroxyl groups excluding tert-OH is 1. The van der Waals surface area contributed by atoms with E-state index in [0.717, 1.165) is 27.4 Å². The molecular weight excluding hydrogens is 1800 g/mol. The number of anilines is 1. The molecule has 0 radical (unpaired) electrons. The minimum Gasteiger partial charge on any atom is -0.387 e. The van der Waals surface area contributed by atoms with E-state index < -0.39 is 257 Å². The van der Waals surface area contributed by atoms with E-state index in [1.54, 1.807) is 6.92 Å². The second kappa shape index (κ2) is 36.0. The first kappa shape index (κ1) is 92.1. The Morgan fingerprint density at radius 2 is 0.750 bits per heavy atom. The van der Waals surface area contributed by atoms with Crippen LogP contribution in [0.4, 0.5) is 5.82 Å². The van der Waals surface area contributed by atoms with Crippen molar-refractivity contribution in [3.63, 3.8) is 0 Å². The summed E-state index contributed by atoms with van der Waals surface area (Å²) in [6, 6.07) is 0. The molecular formula is C63H84N13O34P5S5. The van der Waals surface area contributed by atoms with Crippen molar-refractivity contribution in [3.8, 4) is 0 Å². The van der Waals surface area contributed by atoms with Gasteiger partial charge in [0.2, 0.25) is 0 Å². The molecule has 13 heterocycles. The van der Waals surface area contributed by atoms with Crippen LogP contribution in [0.5, 0.6) is 0 Å². The molecule has 0 spiro atoms. The Balaban J connectivity index is 0.702. The van der Waals surface area contributed by atoms with Gasteiger partial charge in [-0.05, 0) is 102 Å². The van der Waals surface area contributed by atoms with E-state index in [1.165, 1.54) is 85.6 Å². The first-order valence-corrected chi connectivity index (χ1v) is 49.8. The third-order valence-corrected chi connectivity index (χ3v) is 28.9. The van der Waals surface area contributed by atoms with E-state index >= 15 is 0 Å². The fraction of sp³-hybridized carbons (Fsp3) is 0.619. The molecule has 11 unspecified atom stereocenters. The topological polar surface area (TPSA) is 610 Å². The zero-order valence-electron chi connectivity index (χ0n) is 64.3. The van der Waals surface area contributed by atoms with Gasteiger partial charge >= 0.3 is 67.8 Å². The number of ether oxygens (including phenoxy) is 7. The summed E-state index contributed by atoms with van der Waals surface area (Å²) >= 11 is 26.4. The molecule has 7 fully saturated rings. The second-order valence-corrected chi connectivity index (χ2v) is 43.3. The lowest BCUT2D eigenvalue weighted by molar-refractivity contribution is -0.217. The number of aliphatic hydroxyl groups is 1. The maximum Gasteiger partial charge on any atom is 0.386 e. The number of nitrogens with zero attached hydrogens (tertiary/aromatic N) is 7. The number of hydrogen-bond acceptors (Lipinski definition) is 36. The van der Waals surface area contributed by atoms with Crippen LogP contribution in [0.3, 0.4) is 0 Å². The number of nitrogens with two attached hydrogens (primary N) is 1. The summed E-state index contributed by atoms with van der Waals surface area (Å²) in [4.78, 5) is 204. The van der Waals surface area contributed by atoms with Gasteiger partial charge in [-0.1, -0.05) is 19.2 Å². The Morgan fingerprint density at radius 1 is 0.458 bits per heavy atom. The van der Waals surface area contributed by atoms with Crippen molar-refractivity contribution in [2.45, 2.75) is 216 Å². The van der Waals surface area contributed by atoms with Gasteiger partial charge in [0.1, 0.15) is 85.3 Å². The number of aromatic nitrogens is 12. The Morgan fingerprint density at radius 3 is 1.11 bits per heavy atom. The second-order valence-electron chi connectivity index (χ2n) is 29.3. The maximum atomic E-state index is 14.7. The number of nitrogens with one attached hydrogen (secondary N) is 5. The van der Waals surface area contributed by atoms with E-state index in [4.69, 9.17) is 131 Å². The van der Waals surface area contributed by atoms with Gasteiger partial charge in [0, 0.05) is 103 Å². The predicted octanol–water partition coefficient (Wildman–Crippen LogP) is -0.396. The summed E-state index contributed by atoms with van der Waals surface area (Å²) in [6.45, 7) is -15.0. The molecule has 7 aliphatic rings. The number of aromatic amines is 5. The molecule has 0 saturated carbocycles. The fourth-order valence-electron chi connectivity index (χ4n) is 14.6. The molecule has 47 nitrogen and oxygen atoms in total. The van der Waals surface area contributed by atoms with E-state index in [2.05, 4.69) is 42.2 Å². The van der Waals surface area contributed by atoms with Gasteiger partial charge in [-0.15, -0.1) is 0 Å². The third kappa shape index (κ3) is 20.4. The van der Waals surface area contributed by atoms with Crippen LogP contribution in [-0.2, 0) is 130 Å². The first-order chi connectivity index (χ1) is 56.2. The van der Waals surface area contributed by atoms with Crippen molar-refractivity contribution in [2.24, 2.45) is 0 Å². The van der Waals surface area contributed by atoms with Crippen LogP contribution in [0.2, 0.25) is 0 Å². The van der Waals surface area contributed by atoms with E-state index in [9.17, 15) is 82.0 Å². The summed E-state index contributed by atoms with van der Waals surface area (Å²) in [7, 11) is 0. The molecule has 660 valence electrons. The number of aryl methyl sites for hydroxylation is 6. The highest BCUT2D eigenvalue weighted by atomic mass is 32.7. The largest absolute Gasteiger partial charge is 0.387 e. The first-order valence-electron chi connectivity index (χ1n) is 36.7. The number of thiol groups is 1. The van der Waals surface area contributed by atoms with E-state index in [-0.39, 0.29) is 59.3 Å². The maximum absolute atomic E-state index is 14.7. The average molecular weight is 1880 g/mol. The summed E-state index contributed by atoms with van der Waals surface area (Å²) in [5, 5.41) is 11.6. The molecule has 25 atom stereocenters. The lowest BCUT2D eigenvalue weighted by atomic mass is 9.94. The smallest absolute Gasteiger partial charge is 0.386 e. The van der Waals surface area contributed by atoms with Crippen LogP contribution in [0.1, 0.15) is 123 Å². The minimum atomic E-state index is -4.79. The Bertz CT molecular complexity index is 5920. The molecule has 120 heavy (non-hydrogen) atoms. The molecule has 0 aromatic carbocycles. The lowest BCUT2D eigenvalue weighted by Gasteiger charge is -2.36. The van der Waals surface area contributed by atoms with Gasteiger partial charge in [-0.3, -0.25) is 85.3 Å². The Hall–Kier alpha value is -5.62. The molecule has 6 aromatic heterocycles. The summed E-state index contributed by atoms with van der Waals surface area (Å²) < 4.78 is 124. The quantitative estimate of drug-likeness (QED) is 0.0189. The number of fused-ring (bicyclic) bond motifs is 2. The highest BCUT2D eigenvalue weighted by molar-refractivity contribution is 8.44. The predicted molar refractivity (Wildman–Crippen MR) is 431 cm³/mol. The summed E-state index contributed by atoms with van der Waals surface area (Å²) in [6.07, 6.45) is -18.5. The summed E-state index contributed by atoms with van der Waals surface area (Å²) in [5.41, 5.74) is -3.80. The van der Waals surface area contributed by atoms with Crippen LogP contribution in [0, 0.1) is 41.5 Å². The lowest BCUT2D eigenvalue weighted by Crippen LogP contribution is -2.50. The standard InChI is InChI=1S/C63H84N13O34P5S5/c1-9-33-34(10-43(100-33)72-16-27(3)51(78)66-58(72)84)106-111(89,116)94-21-40-36(12-45(102-40)73-17-28(4)52(79)67-59(73)85)108-113(91,118)96-23-41-37(13-46(103-41)74-18-29(5)53(80)68-60(74)86)109-112(90,117)95-22-39-35(11-44(101-39)71-15-26(2)50(64)65-57(71)83)107-114(92,119)97-24-42-38(14-47(104-42)75-19-30(6)54(81)69-61(75)87)110-115(93,120)98-25-63-32(8)99-48(49(63)77)56(105-63)76-20-31(7)55(82)70-62(76)88/h15-20,32-49,56,77H,9-14,21-25H2,1-8H3,(H,89,116)(H,90,117)(H,91,118)(H,92,119)(H,93,120)(H2,64,65,83)(H,66,78,84)(H,67,79,85)(H,68,80,86)(H,69,81,87)(H,70,82,88)/t32-,33+,34?,35?,36?,37?,38?,39+,40+,41+,42+,43+,44+,45+,46+,47+,48-,49?,56+,63-,111?,112?,113?,114?,115?/m0/s1. The monoisotopic (exact) mass is 1880 g/mol. The molecule has 13 rings (SSSR count). The zero-order valence-corrected chi connectivity index (χ0v) is 72.9. The Kier molecular flexibility index (Phi) is 27.6. The molecule has 6 aromatic rings. The van der Waals surface area contributed by atoms with Crippen molar-refractivity contribution in [1.29, 1.82) is 0 Å². The minimum absolute atomic E-state index is 0.0406. The molecule has 7 aliphatic heterocycles. The number of H-pyrrole nitrogens is 5. The normalized spacial score (nSPS) is 31.7. The molecule has 0 aliphatic carbocycles. The summed E-state index contributed by atoms with van der Waals surface area (Å²) in [5.74, 6) is -0.127. The van der Waals surface area contributed by atoms with Crippen molar-refractivity contribution < 1.29 is 108 Å². The van der Waals surface area contributed by atoms with Gasteiger partial charge in [-0.25, -0.2) is 33.3 Å². The Labute approximate surface area is 700 Å². The highest BCUT2D eigenvalue weighted by Crippen LogP contribution is 2.60. The van der Waals surface area contributed by atoms with Gasteiger partial charge in [0.15, 0.2) is 6.23 Å². The van der Waals surface area contributed by atoms with Crippen LogP contribution in [0.25, 0.3) is 0 Å². The van der Waals surface area contributed by atoms with E-state index in [1.807, 2.05) is 0 Å². The van der Waals surface area contributed by atoms with Gasteiger partial charge in [-0.2, -0.15) is 4.98 Å². The number of hydrogen-bond donors (Lipinski definition) is 12. The van der Waals surface area contributed by atoms with Crippen molar-refractivity contribution >= 4 is 99.0 Å². The number of rotatable bonds is 32. The fourth-order valence-corrected chi connectivity index (χ4v) is 22.0. The zero-order chi connectivity index (χ0) is 87.1. The van der Waals surface area contributed by atoms with Gasteiger partial charge in [0.25, 0.3) is 27.8 Å². The van der Waals surface area contributed by atoms with Crippen molar-refractivity contribution in [1.82, 2.24) is 57.3 Å². The number of nitrogen functional groups attached to an aromatic ring is 1. The third-order valence-electron chi connectivity index (χ3n) is 20.9. The molecule has 7 saturated heterocycles. The molecule has 57 heteroatoms. The van der Waals surface area contributed by atoms with Crippen LogP contribution < -0.4 is 67.7 Å². The highest BCUT2D eigenvalue weighted by Gasteiger charge is 2.66. The molecule has 0 amide bonds. The van der Waals surface area contributed by atoms with Crippen LogP contribution in [-0.4, -0.2) is 200 Å². The van der Waals surface area contributed by atoms with Crippen LogP contribution in [0.15, 0.2) is 89.9 Å². The average Bonchev–Trinajstić information content (AvgIpc) is 1.55.